The number of ether oxygens (including phenoxy) is 1. The van der Waals surface area contributed by atoms with Crippen molar-refractivity contribution >= 4 is 12.0 Å². The Labute approximate surface area is 180 Å². The molecular formula is C20H23F7N2O3. The Morgan fingerprint density at radius 1 is 1.19 bits per heavy atom. The van der Waals surface area contributed by atoms with E-state index in [-0.39, 0.29) is 23.4 Å². The molecule has 1 heterocycles. The highest BCUT2D eigenvalue weighted by Gasteiger charge is 2.47. The van der Waals surface area contributed by atoms with E-state index in [2.05, 4.69) is 0 Å². The van der Waals surface area contributed by atoms with E-state index in [0.717, 1.165) is 23.1 Å². The van der Waals surface area contributed by atoms with Gasteiger partial charge in [-0.05, 0) is 51.8 Å². The molecule has 12 heteroatoms. The van der Waals surface area contributed by atoms with Gasteiger partial charge in [0.15, 0.2) is 0 Å². The van der Waals surface area contributed by atoms with Crippen LogP contribution in [-0.2, 0) is 9.53 Å². The molecule has 1 aromatic carbocycles. The van der Waals surface area contributed by atoms with Crippen LogP contribution in [0.2, 0.25) is 0 Å². The van der Waals surface area contributed by atoms with Gasteiger partial charge in [0.2, 0.25) is 0 Å². The van der Waals surface area contributed by atoms with Crippen LogP contribution >= 0.6 is 0 Å². The van der Waals surface area contributed by atoms with Crippen molar-refractivity contribution in [3.05, 3.63) is 35.4 Å². The molecule has 0 aliphatic carbocycles. The van der Waals surface area contributed by atoms with Gasteiger partial charge in [-0.15, -0.1) is 0 Å². The second kappa shape index (κ2) is 9.53. The molecule has 32 heavy (non-hydrogen) atoms. The molecule has 1 fully saturated rings. The summed E-state index contributed by atoms with van der Waals surface area (Å²) in [7, 11) is 0. The molecule has 2 rings (SSSR count). The Hall–Kier alpha value is -2.53. The summed E-state index contributed by atoms with van der Waals surface area (Å²) in [5, 5.41) is 0. The van der Waals surface area contributed by atoms with E-state index in [1.807, 2.05) is 0 Å². The van der Waals surface area contributed by atoms with Crippen LogP contribution in [0, 0.1) is 11.6 Å². The molecule has 1 saturated heterocycles. The Balaban J connectivity index is 2.45. The zero-order valence-corrected chi connectivity index (χ0v) is 17.6. The third-order valence-corrected chi connectivity index (χ3v) is 4.80. The lowest BCUT2D eigenvalue weighted by Gasteiger charge is -2.43. The highest BCUT2D eigenvalue weighted by Crippen LogP contribution is 2.37. The molecule has 2 amide bonds. The summed E-state index contributed by atoms with van der Waals surface area (Å²) in [6.45, 7) is 2.85. The molecule has 0 spiro atoms. The fourth-order valence-electron chi connectivity index (χ4n) is 3.54. The van der Waals surface area contributed by atoms with Crippen LogP contribution in [-0.4, -0.2) is 59.1 Å². The molecule has 1 aromatic rings. The molecule has 0 radical (unpaired) electrons. The summed E-state index contributed by atoms with van der Waals surface area (Å²) in [5.41, 5.74) is -1.33. The summed E-state index contributed by atoms with van der Waals surface area (Å²) in [5.74, 6) is -4.29. The van der Waals surface area contributed by atoms with Gasteiger partial charge in [0, 0.05) is 18.2 Å². The molecule has 0 unspecified atom stereocenters. The zero-order valence-electron chi connectivity index (χ0n) is 17.6. The maximum Gasteiger partial charge on any atom is 0.471 e. The number of hydrogen-bond acceptors (Lipinski definition) is 3. The van der Waals surface area contributed by atoms with Gasteiger partial charge < -0.3 is 14.5 Å². The van der Waals surface area contributed by atoms with Gasteiger partial charge in [0.05, 0.1) is 12.6 Å². The topological polar surface area (TPSA) is 49.9 Å². The first-order valence-corrected chi connectivity index (χ1v) is 9.70. The lowest BCUT2D eigenvalue weighted by molar-refractivity contribution is -0.191. The van der Waals surface area contributed by atoms with Crippen LogP contribution in [0.25, 0.3) is 0 Å². The second-order valence-corrected chi connectivity index (χ2v) is 8.38. The summed E-state index contributed by atoms with van der Waals surface area (Å²) < 4.78 is 98.5. The summed E-state index contributed by atoms with van der Waals surface area (Å²) in [4.78, 5) is 25.4. The van der Waals surface area contributed by atoms with Gasteiger partial charge in [-0.3, -0.25) is 4.79 Å². The highest BCUT2D eigenvalue weighted by atomic mass is 19.4. The molecule has 0 bridgehead atoms. The number of likely N-dealkylation sites (tertiary alicyclic amines) is 1. The minimum Gasteiger partial charge on any atom is -0.444 e. The first kappa shape index (κ1) is 25.7. The van der Waals surface area contributed by atoms with Crippen LogP contribution in [0.15, 0.2) is 18.2 Å². The van der Waals surface area contributed by atoms with Gasteiger partial charge in [0.25, 0.3) is 6.43 Å². The molecule has 0 saturated carbocycles. The van der Waals surface area contributed by atoms with Gasteiger partial charge in [0.1, 0.15) is 17.2 Å². The maximum atomic E-state index is 14.5. The van der Waals surface area contributed by atoms with Crippen molar-refractivity contribution in [2.45, 2.75) is 63.9 Å². The maximum absolute atomic E-state index is 14.5. The quantitative estimate of drug-likeness (QED) is 0.576. The fourth-order valence-corrected chi connectivity index (χ4v) is 3.54. The van der Waals surface area contributed by atoms with Gasteiger partial charge in [-0.2, -0.15) is 13.2 Å². The summed E-state index contributed by atoms with van der Waals surface area (Å²) >= 11 is 0. The van der Waals surface area contributed by atoms with E-state index < -0.39 is 66.9 Å². The lowest BCUT2D eigenvalue weighted by Crippen LogP contribution is -2.54. The number of piperidine rings is 1. The monoisotopic (exact) mass is 472 g/mol. The van der Waals surface area contributed by atoms with Crippen molar-refractivity contribution in [1.82, 2.24) is 9.80 Å². The number of hydrogen-bond donors (Lipinski definition) is 0. The smallest absolute Gasteiger partial charge is 0.444 e. The van der Waals surface area contributed by atoms with E-state index in [1.165, 1.54) is 0 Å². The Morgan fingerprint density at radius 2 is 1.81 bits per heavy atom. The van der Waals surface area contributed by atoms with E-state index >= 15 is 0 Å². The molecule has 1 aliphatic rings. The highest BCUT2D eigenvalue weighted by molar-refractivity contribution is 5.82. The molecule has 0 N–H and O–H groups in total. The Morgan fingerprint density at radius 3 is 2.34 bits per heavy atom. The van der Waals surface area contributed by atoms with Crippen molar-refractivity contribution < 1.29 is 45.1 Å². The molecule has 5 nitrogen and oxygen atoms in total. The molecule has 180 valence electrons. The van der Waals surface area contributed by atoms with Crippen molar-refractivity contribution in [3.63, 3.8) is 0 Å². The first-order chi connectivity index (χ1) is 14.6. The molecule has 1 aliphatic heterocycles. The first-order valence-electron chi connectivity index (χ1n) is 9.70. The largest absolute Gasteiger partial charge is 0.471 e. The normalized spacial score (nSPS) is 19.8. The van der Waals surface area contributed by atoms with E-state index in [9.17, 15) is 40.3 Å². The second-order valence-electron chi connectivity index (χ2n) is 8.38. The third kappa shape index (κ3) is 6.49. The number of nitrogens with zero attached hydrogens (tertiary/aromatic N) is 2. The standard InChI is InChI=1S/C20H23F7N2O3/c1-19(2,3)32-18(31)28-7-6-12(29(10-16(23)24)17(30)20(25,26)27)9-15(28)13-8-11(21)4-5-14(13)22/h4-5,8,12,15-16H,6-7,9-10H2,1-3H3/t12-,15-/m0/s1. The van der Waals surface area contributed by atoms with Crippen LogP contribution < -0.4 is 0 Å². The molecule has 2 atom stereocenters. The van der Waals surface area contributed by atoms with Crippen molar-refractivity contribution in [2.24, 2.45) is 0 Å². The van der Waals surface area contributed by atoms with Gasteiger partial charge in [-0.1, -0.05) is 0 Å². The predicted molar refractivity (Wildman–Crippen MR) is 98.8 cm³/mol. The van der Waals surface area contributed by atoms with E-state index in [0.29, 0.717) is 0 Å². The zero-order chi connectivity index (χ0) is 24.4. The number of halogens is 7. The Kier molecular flexibility index (Phi) is 7.67. The third-order valence-electron chi connectivity index (χ3n) is 4.80. The number of rotatable bonds is 4. The lowest BCUT2D eigenvalue weighted by atomic mass is 9.90. The van der Waals surface area contributed by atoms with Gasteiger partial charge in [-0.25, -0.2) is 22.4 Å². The van der Waals surface area contributed by atoms with Crippen LogP contribution in [0.3, 0.4) is 0 Å². The average molecular weight is 472 g/mol. The van der Waals surface area contributed by atoms with Crippen LogP contribution in [0.5, 0.6) is 0 Å². The van der Waals surface area contributed by atoms with E-state index in [1.54, 1.807) is 20.8 Å². The van der Waals surface area contributed by atoms with Crippen LogP contribution in [0.4, 0.5) is 35.5 Å². The van der Waals surface area contributed by atoms with Crippen molar-refractivity contribution in [2.75, 3.05) is 13.1 Å². The summed E-state index contributed by atoms with van der Waals surface area (Å²) in [6, 6.07) is -0.389. The minimum atomic E-state index is -5.41. The van der Waals surface area contributed by atoms with Crippen molar-refractivity contribution in [3.8, 4) is 0 Å². The number of benzene rings is 1. The number of amides is 2. The minimum absolute atomic E-state index is 0.0126. The van der Waals surface area contributed by atoms with Crippen molar-refractivity contribution in [1.29, 1.82) is 0 Å². The molecular weight excluding hydrogens is 449 g/mol. The SMILES string of the molecule is CC(C)(C)OC(=O)N1CC[C@H](N(CC(F)F)C(=O)C(F)(F)F)C[C@H]1c1cc(F)ccc1F. The Bertz CT molecular complexity index is 839. The van der Waals surface area contributed by atoms with Gasteiger partial charge >= 0.3 is 18.2 Å². The fraction of sp³-hybridized carbons (Fsp3) is 0.600. The average Bonchev–Trinajstić information content (AvgIpc) is 2.64. The number of carbonyl (C=O) groups is 2. The van der Waals surface area contributed by atoms with Crippen LogP contribution in [0.1, 0.15) is 45.2 Å². The summed E-state index contributed by atoms with van der Waals surface area (Å²) in [6.07, 6.45) is -10.4. The van der Waals surface area contributed by atoms with E-state index in [4.69, 9.17) is 4.74 Å². The number of carbonyl (C=O) groups excluding carboxylic acids is 2. The molecule has 0 aromatic heterocycles. The predicted octanol–water partition coefficient (Wildman–Crippen LogP) is 5.06. The number of alkyl halides is 5.